The first-order valence-corrected chi connectivity index (χ1v) is 7.45. The number of rotatable bonds is 10. The van der Waals surface area contributed by atoms with Crippen molar-refractivity contribution in [3.05, 3.63) is 24.4 Å². The number of hydrogen-bond donors (Lipinski definition) is 3. The fourth-order valence-electron chi connectivity index (χ4n) is 1.78. The van der Waals surface area contributed by atoms with Gasteiger partial charge < -0.3 is 20.7 Å². The molecule has 126 valence electrons. The van der Waals surface area contributed by atoms with Gasteiger partial charge in [0.25, 0.3) is 0 Å². The van der Waals surface area contributed by atoms with Gasteiger partial charge in [-0.3, -0.25) is 4.99 Å². The van der Waals surface area contributed by atoms with E-state index < -0.39 is 0 Å². The molecule has 1 rings (SSSR count). The molecule has 0 aliphatic rings. The molecule has 0 amide bonds. The zero-order chi connectivity index (χ0) is 15.2. The van der Waals surface area contributed by atoms with Gasteiger partial charge in [-0.15, -0.1) is 24.0 Å². The number of nitrogens with zero attached hydrogens (tertiary/aromatic N) is 2. The number of aromatic nitrogens is 1. The van der Waals surface area contributed by atoms with Crippen molar-refractivity contribution in [2.75, 3.05) is 45.7 Å². The van der Waals surface area contributed by atoms with Crippen molar-refractivity contribution in [2.24, 2.45) is 4.99 Å². The first-order chi connectivity index (χ1) is 10.4. The van der Waals surface area contributed by atoms with Gasteiger partial charge in [0.05, 0.1) is 0 Å². The van der Waals surface area contributed by atoms with Crippen LogP contribution < -0.4 is 16.0 Å². The number of unbranched alkanes of at least 4 members (excludes halogenated alkanes) is 1. The predicted molar refractivity (Wildman–Crippen MR) is 103 cm³/mol. The smallest absolute Gasteiger partial charge is 0.190 e. The van der Waals surface area contributed by atoms with Crippen molar-refractivity contribution < 1.29 is 4.74 Å². The first-order valence-electron chi connectivity index (χ1n) is 7.45. The summed E-state index contributed by atoms with van der Waals surface area (Å²) < 4.78 is 5.01. The average Bonchev–Trinajstić information content (AvgIpc) is 2.53. The molecule has 0 saturated carbocycles. The predicted octanol–water partition coefficient (Wildman–Crippen LogP) is 2.09. The lowest BCUT2D eigenvalue weighted by Crippen LogP contribution is -2.38. The van der Waals surface area contributed by atoms with Crippen LogP contribution in [0.25, 0.3) is 0 Å². The summed E-state index contributed by atoms with van der Waals surface area (Å²) in [5.74, 6) is 1.78. The van der Waals surface area contributed by atoms with Crippen LogP contribution in [0.15, 0.2) is 29.4 Å². The Bertz CT molecular complexity index is 389. The van der Waals surface area contributed by atoms with Gasteiger partial charge in [0.2, 0.25) is 0 Å². The maximum absolute atomic E-state index is 5.01. The maximum Gasteiger partial charge on any atom is 0.190 e. The quantitative estimate of drug-likeness (QED) is 0.234. The van der Waals surface area contributed by atoms with Gasteiger partial charge in [0, 0.05) is 46.6 Å². The molecule has 22 heavy (non-hydrogen) atoms. The molecule has 1 aromatic rings. The average molecular weight is 421 g/mol. The second-order valence-electron chi connectivity index (χ2n) is 4.62. The molecule has 0 atom stereocenters. The van der Waals surface area contributed by atoms with E-state index in [1.54, 1.807) is 20.4 Å². The Morgan fingerprint density at radius 2 is 1.86 bits per heavy atom. The molecule has 0 spiro atoms. The van der Waals surface area contributed by atoms with E-state index in [9.17, 15) is 0 Å². The van der Waals surface area contributed by atoms with Gasteiger partial charge in [-0.1, -0.05) is 6.07 Å². The number of ether oxygens (including phenoxy) is 1. The third-order valence-corrected chi connectivity index (χ3v) is 2.91. The normalized spacial score (nSPS) is 10.7. The number of guanidine groups is 1. The first kappa shape index (κ1) is 20.9. The van der Waals surface area contributed by atoms with Crippen LogP contribution in [0.4, 0.5) is 5.82 Å². The molecule has 1 heterocycles. The standard InChI is InChI=1S/C15H27N5O.HI/c1-16-15(20-12-7-13-21-2)19-11-6-5-10-18-14-8-3-4-9-17-14;/h3-4,8-9H,5-7,10-13H2,1-2H3,(H,17,18)(H2,16,19,20);1H. The van der Waals surface area contributed by atoms with E-state index >= 15 is 0 Å². The third-order valence-electron chi connectivity index (χ3n) is 2.91. The lowest BCUT2D eigenvalue weighted by atomic mass is 10.3. The molecular formula is C15H28IN5O. The Morgan fingerprint density at radius 1 is 1.14 bits per heavy atom. The number of nitrogens with one attached hydrogen (secondary N) is 3. The molecule has 0 aliphatic heterocycles. The van der Waals surface area contributed by atoms with Crippen LogP contribution in [0.3, 0.4) is 0 Å². The zero-order valence-electron chi connectivity index (χ0n) is 13.5. The van der Waals surface area contributed by atoms with Crippen LogP contribution in [0.1, 0.15) is 19.3 Å². The largest absolute Gasteiger partial charge is 0.385 e. The van der Waals surface area contributed by atoms with Gasteiger partial charge in [-0.25, -0.2) is 4.98 Å². The van der Waals surface area contributed by atoms with Gasteiger partial charge in [-0.2, -0.15) is 0 Å². The van der Waals surface area contributed by atoms with E-state index in [2.05, 4.69) is 25.9 Å². The SMILES string of the molecule is CN=C(NCCCCNc1ccccn1)NCCCOC.I. The molecule has 0 bridgehead atoms. The molecule has 1 aromatic heterocycles. The monoisotopic (exact) mass is 421 g/mol. The number of hydrogen-bond acceptors (Lipinski definition) is 4. The second kappa shape index (κ2) is 14.8. The summed E-state index contributed by atoms with van der Waals surface area (Å²) >= 11 is 0. The highest BCUT2D eigenvalue weighted by atomic mass is 127. The van der Waals surface area contributed by atoms with Crippen molar-refractivity contribution in [2.45, 2.75) is 19.3 Å². The highest BCUT2D eigenvalue weighted by molar-refractivity contribution is 14.0. The molecule has 6 nitrogen and oxygen atoms in total. The summed E-state index contributed by atoms with van der Waals surface area (Å²) in [5.41, 5.74) is 0. The Kier molecular flexibility index (Phi) is 14.1. The van der Waals surface area contributed by atoms with Crippen LogP contribution in [0.2, 0.25) is 0 Å². The number of anilines is 1. The minimum Gasteiger partial charge on any atom is -0.385 e. The minimum absolute atomic E-state index is 0. The molecule has 7 heteroatoms. The van der Waals surface area contributed by atoms with E-state index in [1.165, 1.54) is 0 Å². The summed E-state index contributed by atoms with van der Waals surface area (Å²) in [6.07, 6.45) is 4.94. The summed E-state index contributed by atoms with van der Waals surface area (Å²) in [7, 11) is 3.50. The van der Waals surface area contributed by atoms with Crippen LogP contribution >= 0.6 is 24.0 Å². The molecule has 0 saturated heterocycles. The van der Waals surface area contributed by atoms with Gasteiger partial charge in [0.15, 0.2) is 5.96 Å². The summed E-state index contributed by atoms with van der Waals surface area (Å²) in [6, 6.07) is 5.88. The van der Waals surface area contributed by atoms with E-state index in [-0.39, 0.29) is 24.0 Å². The van der Waals surface area contributed by atoms with Crippen LogP contribution in [-0.4, -0.2) is 51.3 Å². The van der Waals surface area contributed by atoms with Crippen LogP contribution in [-0.2, 0) is 4.74 Å². The molecular weight excluding hydrogens is 393 g/mol. The summed E-state index contributed by atoms with van der Waals surface area (Å²) in [6.45, 7) is 3.48. The van der Waals surface area contributed by atoms with Gasteiger partial charge in [0.1, 0.15) is 5.82 Å². The van der Waals surface area contributed by atoms with Crippen molar-refractivity contribution in [3.63, 3.8) is 0 Å². The minimum atomic E-state index is 0. The fraction of sp³-hybridized carbons (Fsp3) is 0.600. The number of pyridine rings is 1. The number of methoxy groups -OCH3 is 1. The Labute approximate surface area is 150 Å². The topological polar surface area (TPSA) is 70.6 Å². The molecule has 0 fully saturated rings. The summed E-state index contributed by atoms with van der Waals surface area (Å²) in [4.78, 5) is 8.40. The van der Waals surface area contributed by atoms with E-state index in [4.69, 9.17) is 4.74 Å². The Balaban J connectivity index is 0.00000441. The number of aliphatic imine (C=N–C) groups is 1. The highest BCUT2D eigenvalue weighted by Crippen LogP contribution is 1.99. The number of halogens is 1. The summed E-state index contributed by atoms with van der Waals surface area (Å²) in [5, 5.41) is 9.85. The van der Waals surface area contributed by atoms with Crippen LogP contribution in [0.5, 0.6) is 0 Å². The Morgan fingerprint density at radius 3 is 2.50 bits per heavy atom. The van der Waals surface area contributed by atoms with E-state index in [1.807, 2.05) is 18.2 Å². The van der Waals surface area contributed by atoms with Gasteiger partial charge >= 0.3 is 0 Å². The van der Waals surface area contributed by atoms with Crippen molar-refractivity contribution in [1.82, 2.24) is 15.6 Å². The molecule has 3 N–H and O–H groups in total. The van der Waals surface area contributed by atoms with E-state index in [0.717, 1.165) is 57.3 Å². The zero-order valence-corrected chi connectivity index (χ0v) is 15.8. The van der Waals surface area contributed by atoms with Crippen molar-refractivity contribution in [3.8, 4) is 0 Å². The maximum atomic E-state index is 5.01. The van der Waals surface area contributed by atoms with Gasteiger partial charge in [-0.05, 0) is 31.4 Å². The lowest BCUT2D eigenvalue weighted by Gasteiger charge is -2.11. The second-order valence-corrected chi connectivity index (χ2v) is 4.62. The van der Waals surface area contributed by atoms with E-state index in [0.29, 0.717) is 0 Å². The fourth-order valence-corrected chi connectivity index (χ4v) is 1.78. The molecule has 0 radical (unpaired) electrons. The Hall–Kier alpha value is -1.09. The molecule has 0 aliphatic carbocycles. The van der Waals surface area contributed by atoms with Crippen molar-refractivity contribution >= 4 is 35.8 Å². The van der Waals surface area contributed by atoms with Crippen molar-refractivity contribution in [1.29, 1.82) is 0 Å². The van der Waals surface area contributed by atoms with Crippen LogP contribution in [0, 0.1) is 0 Å². The molecule has 0 aromatic carbocycles. The third kappa shape index (κ3) is 10.6. The lowest BCUT2D eigenvalue weighted by molar-refractivity contribution is 0.195. The molecule has 0 unspecified atom stereocenters. The highest BCUT2D eigenvalue weighted by Gasteiger charge is 1.96.